The predicted molar refractivity (Wildman–Crippen MR) is 97.2 cm³/mol. The molecule has 0 radical (unpaired) electrons. The van der Waals surface area contributed by atoms with Gasteiger partial charge in [0.25, 0.3) is 0 Å². The molecule has 0 fully saturated rings. The molecule has 6 nitrogen and oxygen atoms in total. The van der Waals surface area contributed by atoms with E-state index in [-0.39, 0.29) is 24.8 Å². The van der Waals surface area contributed by atoms with Crippen LogP contribution >= 0.6 is 24.8 Å². The van der Waals surface area contributed by atoms with Crippen LogP contribution in [-0.4, -0.2) is 49.9 Å². The average Bonchev–Trinajstić information content (AvgIpc) is 3.03. The molecule has 2 N–H and O–H groups in total. The number of azo groups is 1. The SMILES string of the molecule is CC1CN=C(C(C)CN=NCC(C)C2=NCC(C)N2)N1.Cl.Cl. The van der Waals surface area contributed by atoms with Gasteiger partial charge in [0.05, 0.1) is 26.2 Å². The molecule has 4 atom stereocenters. The summed E-state index contributed by atoms with van der Waals surface area (Å²) in [6, 6.07) is 0.913. The highest BCUT2D eigenvalue weighted by Crippen LogP contribution is 2.07. The zero-order valence-corrected chi connectivity index (χ0v) is 15.4. The molecule has 0 bridgehead atoms. The molecule has 0 saturated carbocycles. The maximum absolute atomic E-state index is 4.48. The van der Waals surface area contributed by atoms with Crippen LogP contribution in [0.15, 0.2) is 20.2 Å². The average molecular weight is 351 g/mol. The molecule has 4 unspecified atom stereocenters. The number of halogens is 2. The summed E-state index contributed by atoms with van der Waals surface area (Å²) in [5.74, 6) is 2.78. The number of aliphatic imine (C=N–C) groups is 2. The number of amidine groups is 2. The van der Waals surface area contributed by atoms with Crippen LogP contribution in [0, 0.1) is 11.8 Å². The van der Waals surface area contributed by atoms with Gasteiger partial charge in [-0.05, 0) is 13.8 Å². The molecule has 22 heavy (non-hydrogen) atoms. The minimum absolute atomic E-state index is 0. The molecule has 0 aromatic heterocycles. The van der Waals surface area contributed by atoms with E-state index in [1.165, 1.54) is 0 Å². The van der Waals surface area contributed by atoms with Crippen molar-refractivity contribution >= 4 is 36.5 Å². The highest BCUT2D eigenvalue weighted by Gasteiger charge is 2.19. The Balaban J connectivity index is 0.00000220. The van der Waals surface area contributed by atoms with E-state index in [1.807, 2.05) is 0 Å². The highest BCUT2D eigenvalue weighted by atomic mass is 35.5. The fourth-order valence-corrected chi connectivity index (χ4v) is 2.29. The largest absolute Gasteiger partial charge is 0.369 e. The third-order valence-electron chi connectivity index (χ3n) is 3.60. The first-order valence-corrected chi connectivity index (χ1v) is 7.51. The first-order valence-electron chi connectivity index (χ1n) is 7.51. The Labute approximate surface area is 145 Å². The van der Waals surface area contributed by atoms with Gasteiger partial charge >= 0.3 is 0 Å². The topological polar surface area (TPSA) is 73.5 Å². The van der Waals surface area contributed by atoms with Crippen molar-refractivity contribution in [1.29, 1.82) is 0 Å². The van der Waals surface area contributed by atoms with Crippen molar-refractivity contribution in [2.24, 2.45) is 32.0 Å². The standard InChI is InChI=1S/C14H26N6.2ClH/c1-9(13-15-7-11(3)19-13)5-17-18-6-10(2)14-16-8-12(4)20-14;;/h9-12H,5-8H2,1-4H3,(H,15,19)(H,16,20);2*1H. The van der Waals surface area contributed by atoms with Crippen molar-refractivity contribution in [1.82, 2.24) is 10.6 Å². The maximum Gasteiger partial charge on any atom is 0.101 e. The van der Waals surface area contributed by atoms with Gasteiger partial charge in [-0.15, -0.1) is 24.8 Å². The van der Waals surface area contributed by atoms with Crippen molar-refractivity contribution < 1.29 is 0 Å². The smallest absolute Gasteiger partial charge is 0.101 e. The quantitative estimate of drug-likeness (QED) is 0.721. The molecule has 2 heterocycles. The summed E-state index contributed by atoms with van der Waals surface area (Å²) in [7, 11) is 0. The van der Waals surface area contributed by atoms with Gasteiger partial charge in [-0.1, -0.05) is 13.8 Å². The lowest BCUT2D eigenvalue weighted by atomic mass is 10.1. The molecule has 0 saturated heterocycles. The zero-order valence-electron chi connectivity index (χ0n) is 13.7. The summed E-state index contributed by atoms with van der Waals surface area (Å²) in [6.45, 7) is 11.7. The fourth-order valence-electron chi connectivity index (χ4n) is 2.29. The van der Waals surface area contributed by atoms with Crippen LogP contribution in [0.1, 0.15) is 27.7 Å². The van der Waals surface area contributed by atoms with Crippen LogP contribution in [0.25, 0.3) is 0 Å². The molecule has 2 aliphatic heterocycles. The van der Waals surface area contributed by atoms with Gasteiger partial charge < -0.3 is 10.6 Å². The Kier molecular flexibility index (Phi) is 9.60. The Hall–Kier alpha value is -0.880. The summed E-state index contributed by atoms with van der Waals surface area (Å²) in [5.41, 5.74) is 0. The Morgan fingerprint density at radius 2 is 1.27 bits per heavy atom. The molecule has 2 rings (SSSR count). The molecule has 8 heteroatoms. The van der Waals surface area contributed by atoms with Crippen molar-refractivity contribution in [3.05, 3.63) is 0 Å². The monoisotopic (exact) mass is 350 g/mol. The lowest BCUT2D eigenvalue weighted by Crippen LogP contribution is -2.32. The molecule has 128 valence electrons. The van der Waals surface area contributed by atoms with Crippen LogP contribution in [0.4, 0.5) is 0 Å². The van der Waals surface area contributed by atoms with E-state index < -0.39 is 0 Å². The van der Waals surface area contributed by atoms with Crippen molar-refractivity contribution in [2.75, 3.05) is 26.2 Å². The van der Waals surface area contributed by atoms with E-state index >= 15 is 0 Å². The second kappa shape index (κ2) is 10.0. The van der Waals surface area contributed by atoms with Gasteiger partial charge in [0.15, 0.2) is 0 Å². The molecule has 0 aromatic carbocycles. The summed E-state index contributed by atoms with van der Waals surface area (Å²) >= 11 is 0. The summed E-state index contributed by atoms with van der Waals surface area (Å²) in [4.78, 5) is 8.95. The molecular formula is C14H28Cl2N6. The van der Waals surface area contributed by atoms with Crippen molar-refractivity contribution in [3.63, 3.8) is 0 Å². The normalized spacial score (nSPS) is 26.2. The Morgan fingerprint density at radius 3 is 1.55 bits per heavy atom. The van der Waals surface area contributed by atoms with E-state index in [4.69, 9.17) is 0 Å². The van der Waals surface area contributed by atoms with E-state index in [2.05, 4.69) is 58.5 Å². The van der Waals surface area contributed by atoms with E-state index in [0.29, 0.717) is 37.0 Å². The molecule has 0 spiro atoms. The fraction of sp³-hybridized carbons (Fsp3) is 0.857. The number of nitrogens with zero attached hydrogens (tertiary/aromatic N) is 4. The van der Waals surface area contributed by atoms with Gasteiger partial charge in [0.1, 0.15) is 11.7 Å². The van der Waals surface area contributed by atoms with Gasteiger partial charge in [0, 0.05) is 23.9 Å². The highest BCUT2D eigenvalue weighted by molar-refractivity contribution is 5.86. The minimum atomic E-state index is 0. The molecule has 0 aromatic rings. The third kappa shape index (κ3) is 6.08. The third-order valence-corrected chi connectivity index (χ3v) is 3.60. The van der Waals surface area contributed by atoms with Crippen LogP contribution in [-0.2, 0) is 0 Å². The Morgan fingerprint density at radius 1 is 0.909 bits per heavy atom. The molecule has 0 amide bonds. The summed E-state index contributed by atoms with van der Waals surface area (Å²) in [6.07, 6.45) is 0. The second-order valence-corrected chi connectivity index (χ2v) is 5.99. The van der Waals surface area contributed by atoms with Crippen LogP contribution < -0.4 is 10.6 Å². The number of rotatable bonds is 6. The Bertz CT molecular complexity index is 386. The van der Waals surface area contributed by atoms with E-state index in [9.17, 15) is 0 Å². The van der Waals surface area contributed by atoms with Gasteiger partial charge in [0.2, 0.25) is 0 Å². The summed E-state index contributed by atoms with van der Waals surface area (Å²) in [5, 5.41) is 15.3. The van der Waals surface area contributed by atoms with Crippen molar-refractivity contribution in [3.8, 4) is 0 Å². The lowest BCUT2D eigenvalue weighted by Gasteiger charge is -2.12. The molecule has 2 aliphatic rings. The maximum atomic E-state index is 4.48. The van der Waals surface area contributed by atoms with Crippen LogP contribution in [0.5, 0.6) is 0 Å². The van der Waals surface area contributed by atoms with E-state index in [1.54, 1.807) is 0 Å². The lowest BCUT2D eigenvalue weighted by molar-refractivity contribution is 0.653. The predicted octanol–water partition coefficient (Wildman–Crippen LogP) is 2.33. The van der Waals surface area contributed by atoms with Gasteiger partial charge in [-0.25, -0.2) is 0 Å². The van der Waals surface area contributed by atoms with Crippen LogP contribution in [0.2, 0.25) is 0 Å². The van der Waals surface area contributed by atoms with E-state index in [0.717, 1.165) is 24.8 Å². The van der Waals surface area contributed by atoms with Crippen molar-refractivity contribution in [2.45, 2.75) is 39.8 Å². The minimum Gasteiger partial charge on any atom is -0.369 e. The zero-order chi connectivity index (χ0) is 14.5. The molecular weight excluding hydrogens is 323 g/mol. The number of hydrogen-bond acceptors (Lipinski definition) is 6. The molecule has 0 aliphatic carbocycles. The summed E-state index contributed by atoms with van der Waals surface area (Å²) < 4.78 is 0. The first-order chi connectivity index (χ1) is 9.56. The first kappa shape index (κ1) is 21.1. The van der Waals surface area contributed by atoms with Crippen LogP contribution in [0.3, 0.4) is 0 Å². The van der Waals surface area contributed by atoms with Gasteiger partial charge in [-0.3, -0.25) is 9.98 Å². The second-order valence-electron chi connectivity index (χ2n) is 5.99. The number of nitrogens with one attached hydrogen (secondary N) is 2. The van der Waals surface area contributed by atoms with Gasteiger partial charge in [-0.2, -0.15) is 10.2 Å². The number of hydrogen-bond donors (Lipinski definition) is 2.